The molecule has 1 saturated carbocycles. The third-order valence-corrected chi connectivity index (χ3v) is 6.74. The van der Waals surface area contributed by atoms with E-state index in [1.807, 2.05) is 31.1 Å². The maximum Gasteiger partial charge on any atom is 0.318 e. The largest absolute Gasteiger partial charge is 0.467 e. The number of aliphatic hydroxyl groups is 1. The lowest BCUT2D eigenvalue weighted by atomic mass is 9.80. The Hall–Kier alpha value is -2.29. The van der Waals surface area contributed by atoms with Crippen molar-refractivity contribution in [2.45, 2.75) is 50.3 Å². The van der Waals surface area contributed by atoms with Crippen LogP contribution in [-0.2, 0) is 0 Å². The molecule has 3 aromatic rings. The number of ether oxygens (including phenoxy) is 1. The molecule has 1 aliphatic heterocycles. The van der Waals surface area contributed by atoms with Gasteiger partial charge in [-0.2, -0.15) is 15.1 Å². The number of aryl methyl sites for hydroxylation is 1. The van der Waals surface area contributed by atoms with Gasteiger partial charge in [0.05, 0.1) is 30.6 Å². The van der Waals surface area contributed by atoms with Crippen LogP contribution < -0.4 is 4.74 Å². The van der Waals surface area contributed by atoms with Gasteiger partial charge in [0.25, 0.3) is 0 Å². The molecule has 172 valence electrons. The fourth-order valence-corrected chi connectivity index (χ4v) is 4.86. The fraction of sp³-hybridized carbons (Fsp3) is 0.522. The second-order valence-electron chi connectivity index (χ2n) is 8.96. The summed E-state index contributed by atoms with van der Waals surface area (Å²) in [6, 6.07) is 6.35. The van der Waals surface area contributed by atoms with Gasteiger partial charge < -0.3 is 14.7 Å². The molecular formula is C23H29ClFN5O2. The Morgan fingerprint density at radius 1 is 1.19 bits per heavy atom. The van der Waals surface area contributed by atoms with Crippen LogP contribution in [0, 0.1) is 6.92 Å². The third kappa shape index (κ3) is 4.07. The molecule has 2 atom stereocenters. The molecular weight excluding hydrogens is 433 g/mol. The minimum absolute atomic E-state index is 0. The van der Waals surface area contributed by atoms with Crippen molar-refractivity contribution in [1.82, 2.24) is 24.6 Å². The van der Waals surface area contributed by atoms with Crippen LogP contribution in [0.2, 0.25) is 0 Å². The van der Waals surface area contributed by atoms with Gasteiger partial charge in [0, 0.05) is 29.8 Å². The standard InChI is InChI=1S/C23H28FN5O2.ClH/c1-13-6-15-11-25-29(21(15)9-18(13)17-4-5-28(2)12-19(17)24)22-10-20(14-7-16(30)8-14)26-23(27-22)31-3;/h6,9-11,14,16-17,19,30H,4-5,7-8,12H2,1-3H3;1H/t14-,16+,17?,19?;. The molecule has 2 aliphatic rings. The van der Waals surface area contributed by atoms with Crippen molar-refractivity contribution in [1.29, 1.82) is 0 Å². The molecule has 1 aromatic carbocycles. The first-order chi connectivity index (χ1) is 14.9. The molecule has 5 rings (SSSR count). The quantitative estimate of drug-likeness (QED) is 0.640. The van der Waals surface area contributed by atoms with Gasteiger partial charge in [-0.25, -0.2) is 9.07 Å². The highest BCUT2D eigenvalue weighted by Gasteiger charge is 2.32. The van der Waals surface area contributed by atoms with Gasteiger partial charge in [0.2, 0.25) is 0 Å². The van der Waals surface area contributed by atoms with Crippen molar-refractivity contribution in [3.63, 3.8) is 0 Å². The molecule has 7 nitrogen and oxygen atoms in total. The zero-order chi connectivity index (χ0) is 21.7. The predicted molar refractivity (Wildman–Crippen MR) is 123 cm³/mol. The van der Waals surface area contributed by atoms with Crippen molar-refractivity contribution in [3.8, 4) is 11.8 Å². The lowest BCUT2D eigenvalue weighted by molar-refractivity contribution is 0.0729. The van der Waals surface area contributed by atoms with E-state index in [0.29, 0.717) is 25.2 Å². The molecule has 0 amide bonds. The van der Waals surface area contributed by atoms with Crippen LogP contribution in [0.5, 0.6) is 6.01 Å². The number of alkyl halides is 1. The highest BCUT2D eigenvalue weighted by atomic mass is 35.5. The van der Waals surface area contributed by atoms with E-state index in [9.17, 15) is 9.50 Å². The molecule has 32 heavy (non-hydrogen) atoms. The maximum absolute atomic E-state index is 14.9. The summed E-state index contributed by atoms with van der Waals surface area (Å²) < 4.78 is 22.0. The van der Waals surface area contributed by atoms with E-state index in [-0.39, 0.29) is 36.4 Å². The minimum Gasteiger partial charge on any atom is -0.467 e. The Kier molecular flexibility index (Phi) is 6.38. The van der Waals surface area contributed by atoms with Crippen molar-refractivity contribution >= 4 is 23.3 Å². The summed E-state index contributed by atoms with van der Waals surface area (Å²) >= 11 is 0. The van der Waals surface area contributed by atoms with E-state index in [2.05, 4.69) is 27.2 Å². The lowest BCUT2D eigenvalue weighted by Crippen LogP contribution is -2.38. The minimum atomic E-state index is -0.887. The van der Waals surface area contributed by atoms with Gasteiger partial charge in [0.15, 0.2) is 5.82 Å². The molecule has 3 heterocycles. The second-order valence-corrected chi connectivity index (χ2v) is 8.96. The molecule has 2 unspecified atom stereocenters. The number of rotatable bonds is 4. The number of methoxy groups -OCH3 is 1. The van der Waals surface area contributed by atoms with E-state index in [1.54, 1.807) is 11.8 Å². The summed E-state index contributed by atoms with van der Waals surface area (Å²) in [7, 11) is 3.51. The smallest absolute Gasteiger partial charge is 0.318 e. The molecule has 2 fully saturated rings. The number of piperidine rings is 1. The summed E-state index contributed by atoms with van der Waals surface area (Å²) in [5.74, 6) is 0.695. The monoisotopic (exact) mass is 461 g/mol. The zero-order valence-corrected chi connectivity index (χ0v) is 19.3. The van der Waals surface area contributed by atoms with Gasteiger partial charge in [-0.1, -0.05) is 0 Å². The topological polar surface area (TPSA) is 76.3 Å². The van der Waals surface area contributed by atoms with Crippen LogP contribution in [0.15, 0.2) is 24.4 Å². The summed E-state index contributed by atoms with van der Waals surface area (Å²) in [6.07, 6.45) is 2.84. The summed E-state index contributed by atoms with van der Waals surface area (Å²) in [4.78, 5) is 11.0. The van der Waals surface area contributed by atoms with Crippen LogP contribution in [-0.4, -0.2) is 69.3 Å². The predicted octanol–water partition coefficient (Wildman–Crippen LogP) is 3.55. The number of hydrogen-bond acceptors (Lipinski definition) is 6. The summed E-state index contributed by atoms with van der Waals surface area (Å²) in [5, 5.41) is 15.3. The highest BCUT2D eigenvalue weighted by Crippen LogP contribution is 2.38. The number of hydrogen-bond donors (Lipinski definition) is 1. The number of nitrogens with zero attached hydrogens (tertiary/aromatic N) is 5. The first-order valence-corrected chi connectivity index (χ1v) is 10.8. The van der Waals surface area contributed by atoms with Crippen molar-refractivity contribution in [3.05, 3.63) is 41.2 Å². The molecule has 0 spiro atoms. The number of fused-ring (bicyclic) bond motifs is 1. The normalized spacial score (nSPS) is 25.9. The van der Waals surface area contributed by atoms with E-state index >= 15 is 0 Å². The van der Waals surface area contributed by atoms with E-state index in [0.717, 1.165) is 40.7 Å². The number of likely N-dealkylation sites (tertiary alicyclic amines) is 1. The maximum atomic E-state index is 14.9. The molecule has 0 bridgehead atoms. The first kappa shape index (κ1) is 22.9. The fourth-order valence-electron chi connectivity index (χ4n) is 4.86. The van der Waals surface area contributed by atoms with Crippen molar-refractivity contribution < 1.29 is 14.2 Å². The SMILES string of the molecule is COc1nc(-n2ncc3cc(C)c(C4CCN(C)CC4F)cc32)cc([C@H]2C[C@@H](O)C2)n1.Cl. The van der Waals surface area contributed by atoms with Gasteiger partial charge >= 0.3 is 6.01 Å². The van der Waals surface area contributed by atoms with Crippen LogP contribution >= 0.6 is 12.4 Å². The van der Waals surface area contributed by atoms with Gasteiger partial charge in [-0.3, -0.25) is 0 Å². The van der Waals surface area contributed by atoms with E-state index in [1.165, 1.54) is 0 Å². The van der Waals surface area contributed by atoms with Gasteiger partial charge in [-0.15, -0.1) is 12.4 Å². The number of aliphatic hydroxyl groups excluding tert-OH is 1. The third-order valence-electron chi connectivity index (χ3n) is 6.74. The zero-order valence-electron chi connectivity index (χ0n) is 18.5. The Bertz CT molecular complexity index is 1120. The van der Waals surface area contributed by atoms with Gasteiger partial charge in [-0.05, 0) is 63.0 Å². The highest BCUT2D eigenvalue weighted by molar-refractivity contribution is 5.85. The second kappa shape index (κ2) is 8.92. The average molecular weight is 462 g/mol. The van der Waals surface area contributed by atoms with Crippen LogP contribution in [0.25, 0.3) is 16.7 Å². The Morgan fingerprint density at radius 2 is 1.97 bits per heavy atom. The van der Waals surface area contributed by atoms with Crippen LogP contribution in [0.3, 0.4) is 0 Å². The molecule has 1 N–H and O–H groups in total. The van der Waals surface area contributed by atoms with E-state index < -0.39 is 6.17 Å². The van der Waals surface area contributed by atoms with Crippen molar-refractivity contribution in [2.24, 2.45) is 0 Å². The molecule has 0 radical (unpaired) electrons. The molecule has 2 aromatic heterocycles. The molecule has 1 saturated heterocycles. The van der Waals surface area contributed by atoms with Crippen molar-refractivity contribution in [2.75, 3.05) is 27.2 Å². The number of benzene rings is 1. The lowest BCUT2D eigenvalue weighted by Gasteiger charge is -2.33. The van der Waals surface area contributed by atoms with Crippen LogP contribution in [0.4, 0.5) is 4.39 Å². The summed E-state index contributed by atoms with van der Waals surface area (Å²) in [5.41, 5.74) is 3.88. The number of halogens is 2. The Labute approximate surface area is 193 Å². The Balaban J connectivity index is 0.00000245. The van der Waals surface area contributed by atoms with Crippen LogP contribution in [0.1, 0.15) is 47.9 Å². The molecule has 1 aliphatic carbocycles. The number of aromatic nitrogens is 4. The Morgan fingerprint density at radius 3 is 2.66 bits per heavy atom. The molecule has 9 heteroatoms. The average Bonchev–Trinajstić information content (AvgIpc) is 3.13. The van der Waals surface area contributed by atoms with E-state index in [4.69, 9.17) is 4.74 Å². The van der Waals surface area contributed by atoms with Gasteiger partial charge in [0.1, 0.15) is 6.17 Å². The first-order valence-electron chi connectivity index (χ1n) is 10.8. The summed E-state index contributed by atoms with van der Waals surface area (Å²) in [6.45, 7) is 3.40.